The van der Waals surface area contributed by atoms with Crippen LogP contribution in [0.5, 0.6) is 0 Å². The van der Waals surface area contributed by atoms with Crippen molar-refractivity contribution in [2.45, 2.75) is 12.4 Å². The average molecular weight is 638 g/mol. The SMILES string of the molecule is NC(=O)c1cc(C2=CN(c3ccc(C(=O)O)c(C(F)(F)F)c3)NN2)nc(/C(N)=C/N(N)c2ccc(C(=O)O)c(C(F)(F)F)c2)c1. The summed E-state index contributed by atoms with van der Waals surface area (Å²) in [5.41, 5.74) is 10.8. The molecule has 0 aliphatic carbocycles. The second-order valence-electron chi connectivity index (χ2n) is 9.20. The summed E-state index contributed by atoms with van der Waals surface area (Å²) < 4.78 is 80.8. The van der Waals surface area contributed by atoms with Gasteiger partial charge in [-0.05, 0) is 48.5 Å². The number of hydrogen-bond acceptors (Lipinski definition) is 10. The lowest BCUT2D eigenvalue weighted by Gasteiger charge is -2.18. The Bertz CT molecular complexity index is 1770. The predicted molar refractivity (Wildman–Crippen MR) is 145 cm³/mol. The van der Waals surface area contributed by atoms with Crippen molar-refractivity contribution < 1.29 is 50.9 Å². The number of hydrazine groups is 3. The molecule has 10 N–H and O–H groups in total. The van der Waals surface area contributed by atoms with Gasteiger partial charge in [0, 0.05) is 11.8 Å². The topological polar surface area (TPSA) is 213 Å². The van der Waals surface area contributed by atoms with Crippen LogP contribution in [0.1, 0.15) is 53.6 Å². The summed E-state index contributed by atoms with van der Waals surface area (Å²) in [6, 6.07) is 7.02. The number of primary amides is 1. The third-order valence-corrected chi connectivity index (χ3v) is 6.18. The number of carboxylic acids is 2. The highest BCUT2D eigenvalue weighted by atomic mass is 19.4. The maximum Gasteiger partial charge on any atom is 0.417 e. The standard InChI is InChI=1S/C26H20F6N8O5/c27-25(28,29)16-7-12(1-3-14(16)23(42)43)39(35)9-18(33)19-5-11(22(34)41)6-20(36-19)21-10-40(38-37-21)13-2-4-15(24(44)45)17(8-13)26(30,31)32/h1-10,37-38H,33,35H2,(H2,34,41)(H,42,43)(H,44,45)/b18-9-. The van der Waals surface area contributed by atoms with Crippen LogP contribution in [-0.4, -0.2) is 33.0 Å². The lowest BCUT2D eigenvalue weighted by atomic mass is 10.1. The molecule has 0 bridgehead atoms. The van der Waals surface area contributed by atoms with Gasteiger partial charge in [0.05, 0.1) is 62.6 Å². The second-order valence-corrected chi connectivity index (χ2v) is 9.20. The fourth-order valence-electron chi connectivity index (χ4n) is 4.05. The highest BCUT2D eigenvalue weighted by Crippen LogP contribution is 2.36. The van der Waals surface area contributed by atoms with Crippen LogP contribution in [-0.2, 0) is 12.4 Å². The van der Waals surface area contributed by atoms with E-state index in [1.54, 1.807) is 0 Å². The van der Waals surface area contributed by atoms with Crippen molar-refractivity contribution in [1.29, 1.82) is 0 Å². The minimum atomic E-state index is -5.03. The van der Waals surface area contributed by atoms with Crippen molar-refractivity contribution in [1.82, 2.24) is 15.9 Å². The summed E-state index contributed by atoms with van der Waals surface area (Å²) in [7, 11) is 0. The second kappa shape index (κ2) is 11.7. The Morgan fingerprint density at radius 3 is 2.00 bits per heavy atom. The Labute approximate surface area is 247 Å². The molecule has 2 heterocycles. The molecule has 45 heavy (non-hydrogen) atoms. The van der Waals surface area contributed by atoms with E-state index in [1.165, 1.54) is 12.3 Å². The Kier molecular flexibility index (Phi) is 8.34. The first-order chi connectivity index (χ1) is 20.9. The molecule has 0 atom stereocenters. The van der Waals surface area contributed by atoms with Crippen molar-refractivity contribution >= 4 is 40.6 Å². The van der Waals surface area contributed by atoms with Crippen LogP contribution in [0.3, 0.4) is 0 Å². The molecule has 0 spiro atoms. The van der Waals surface area contributed by atoms with Crippen LogP contribution in [0.4, 0.5) is 37.7 Å². The molecule has 0 saturated carbocycles. The Hall–Kier alpha value is -5.82. The van der Waals surface area contributed by atoms with E-state index < -0.39 is 52.5 Å². The number of aromatic carboxylic acids is 2. The van der Waals surface area contributed by atoms with Gasteiger partial charge in [-0.25, -0.2) is 20.4 Å². The van der Waals surface area contributed by atoms with E-state index in [2.05, 4.69) is 15.9 Å². The molecule has 1 aliphatic heterocycles. The van der Waals surface area contributed by atoms with Gasteiger partial charge in [0.2, 0.25) is 5.91 Å². The normalized spacial score (nSPS) is 13.7. The van der Waals surface area contributed by atoms with Crippen molar-refractivity contribution in [3.8, 4) is 0 Å². The number of halogens is 6. The molecule has 19 heteroatoms. The predicted octanol–water partition coefficient (Wildman–Crippen LogP) is 3.08. The van der Waals surface area contributed by atoms with Gasteiger partial charge >= 0.3 is 24.3 Å². The molecular weight excluding hydrogens is 618 g/mol. The van der Waals surface area contributed by atoms with Crippen LogP contribution in [0, 0.1) is 0 Å². The Balaban J connectivity index is 1.70. The molecule has 3 aromatic rings. The van der Waals surface area contributed by atoms with Crippen LogP contribution < -0.4 is 38.3 Å². The van der Waals surface area contributed by atoms with E-state index in [1.807, 2.05) is 0 Å². The lowest BCUT2D eigenvalue weighted by molar-refractivity contribution is -0.138. The molecule has 2 aromatic carbocycles. The number of carbonyl (C=O) groups is 3. The van der Waals surface area contributed by atoms with Gasteiger partial charge in [-0.2, -0.15) is 26.3 Å². The molecule has 1 amide bonds. The highest BCUT2D eigenvalue weighted by molar-refractivity contribution is 5.94. The molecule has 1 aromatic heterocycles. The van der Waals surface area contributed by atoms with Gasteiger partial charge in [0.15, 0.2) is 0 Å². The fourth-order valence-corrected chi connectivity index (χ4v) is 4.05. The van der Waals surface area contributed by atoms with Crippen molar-refractivity contribution in [3.05, 3.63) is 100 Å². The van der Waals surface area contributed by atoms with Crippen LogP contribution in [0.25, 0.3) is 11.4 Å². The maximum atomic E-state index is 13.5. The maximum absolute atomic E-state index is 13.5. The Morgan fingerprint density at radius 2 is 1.44 bits per heavy atom. The number of carboxylic acid groups (broad SMARTS) is 2. The summed E-state index contributed by atoms with van der Waals surface area (Å²) in [5, 5.41) is 19.9. The lowest BCUT2D eigenvalue weighted by Crippen LogP contribution is -2.36. The number of benzene rings is 2. The highest BCUT2D eigenvalue weighted by Gasteiger charge is 2.37. The molecule has 0 fully saturated rings. The quantitative estimate of drug-likeness (QED) is 0.108. The van der Waals surface area contributed by atoms with E-state index in [0.29, 0.717) is 23.2 Å². The van der Waals surface area contributed by atoms with Gasteiger partial charge in [-0.1, -0.05) is 0 Å². The third kappa shape index (κ3) is 6.89. The molecule has 0 radical (unpaired) electrons. The molecule has 0 unspecified atom stereocenters. The number of nitrogens with two attached hydrogens (primary N) is 3. The molecule has 236 valence electrons. The van der Waals surface area contributed by atoms with Crippen LogP contribution in [0.15, 0.2) is 60.9 Å². The van der Waals surface area contributed by atoms with E-state index in [-0.39, 0.29) is 39.7 Å². The monoisotopic (exact) mass is 638 g/mol. The van der Waals surface area contributed by atoms with E-state index in [4.69, 9.17) is 27.5 Å². The zero-order chi connectivity index (χ0) is 33.4. The number of alkyl halides is 6. The molecule has 13 nitrogen and oxygen atoms in total. The number of amides is 1. The smallest absolute Gasteiger partial charge is 0.417 e. The average Bonchev–Trinajstić information content (AvgIpc) is 3.45. The molecule has 0 saturated heterocycles. The number of carbonyl (C=O) groups excluding carboxylic acids is 1. The molecule has 4 rings (SSSR count). The Morgan fingerprint density at radius 1 is 0.867 bits per heavy atom. The summed E-state index contributed by atoms with van der Waals surface area (Å²) in [5.74, 6) is 1.33. The van der Waals surface area contributed by atoms with Crippen LogP contribution in [0.2, 0.25) is 0 Å². The minimum absolute atomic E-state index is 0.0282. The van der Waals surface area contributed by atoms with E-state index in [9.17, 15) is 40.7 Å². The first kappa shape index (κ1) is 32.1. The number of nitrogens with zero attached hydrogens (tertiary/aromatic N) is 3. The van der Waals surface area contributed by atoms with Gasteiger partial charge in [0.25, 0.3) is 0 Å². The van der Waals surface area contributed by atoms with Gasteiger partial charge < -0.3 is 21.7 Å². The van der Waals surface area contributed by atoms with Crippen molar-refractivity contribution in [3.63, 3.8) is 0 Å². The summed E-state index contributed by atoms with van der Waals surface area (Å²) in [6.45, 7) is 0. The van der Waals surface area contributed by atoms with Gasteiger partial charge in [-0.15, -0.1) is 5.53 Å². The number of aromatic nitrogens is 1. The summed E-state index contributed by atoms with van der Waals surface area (Å²) in [4.78, 5) is 38.8. The third-order valence-electron chi connectivity index (χ3n) is 6.18. The first-order valence-corrected chi connectivity index (χ1v) is 12.1. The first-order valence-electron chi connectivity index (χ1n) is 12.1. The van der Waals surface area contributed by atoms with Gasteiger partial charge in [-0.3, -0.25) is 20.2 Å². The number of pyridine rings is 1. The number of anilines is 2. The van der Waals surface area contributed by atoms with Crippen molar-refractivity contribution in [2.75, 3.05) is 10.0 Å². The van der Waals surface area contributed by atoms with E-state index >= 15 is 0 Å². The molecule has 1 aliphatic rings. The largest absolute Gasteiger partial charge is 0.478 e. The number of hydrogen-bond donors (Lipinski definition) is 7. The zero-order valence-electron chi connectivity index (χ0n) is 22.2. The molecular formula is C26H20F6N8O5. The summed E-state index contributed by atoms with van der Waals surface area (Å²) >= 11 is 0. The summed E-state index contributed by atoms with van der Waals surface area (Å²) in [6.07, 6.45) is -7.84. The zero-order valence-corrected chi connectivity index (χ0v) is 22.2. The minimum Gasteiger partial charge on any atom is -0.478 e. The van der Waals surface area contributed by atoms with E-state index in [0.717, 1.165) is 35.5 Å². The number of nitrogens with one attached hydrogen (secondary N) is 2. The van der Waals surface area contributed by atoms with Gasteiger partial charge in [0.1, 0.15) is 0 Å². The number of rotatable bonds is 8. The van der Waals surface area contributed by atoms with Crippen molar-refractivity contribution in [2.24, 2.45) is 17.3 Å². The van der Waals surface area contributed by atoms with Crippen LogP contribution >= 0.6 is 0 Å². The fraction of sp³-hybridized carbons (Fsp3) is 0.0769.